The molecule has 1 heterocycles. The molecular weight excluding hydrogens is 431 g/mol. The van der Waals surface area contributed by atoms with Crippen molar-refractivity contribution >= 4 is 5.91 Å². The van der Waals surface area contributed by atoms with Gasteiger partial charge in [-0.3, -0.25) is 10.1 Å². The molecule has 0 radical (unpaired) electrons. The second kappa shape index (κ2) is 11.0. The first-order valence-electron chi connectivity index (χ1n) is 10.5. The van der Waals surface area contributed by atoms with Gasteiger partial charge < -0.3 is 10.1 Å². The van der Waals surface area contributed by atoms with E-state index in [0.717, 1.165) is 28.8 Å². The van der Waals surface area contributed by atoms with Crippen molar-refractivity contribution in [3.8, 4) is 5.88 Å². The number of likely N-dealkylation sites (N-methyl/N-ethyl adjacent to an activating group) is 1. The number of halogens is 3. The Labute approximate surface area is 191 Å². The van der Waals surface area contributed by atoms with Crippen LogP contribution < -0.4 is 15.4 Å². The standard InChI is InChI=1S/C25H26F3N3O2/c1-29-24(32)23(18-6-4-3-5-7-18)31-21(19-14-15-30-22(16-19)33-2)13-10-17-8-11-20(12-9-17)25(26,27)28/h3-9,11-12,14-16,21,23,31H,10,13H2,1-2H3,(H,29,32)/t21-,23?/m0/s1. The molecule has 1 amide bonds. The predicted octanol–water partition coefficient (Wildman–Crippen LogP) is 4.86. The third-order valence-corrected chi connectivity index (χ3v) is 5.38. The minimum atomic E-state index is -4.37. The Morgan fingerprint density at radius 2 is 1.73 bits per heavy atom. The van der Waals surface area contributed by atoms with Crippen molar-refractivity contribution in [2.45, 2.75) is 31.1 Å². The summed E-state index contributed by atoms with van der Waals surface area (Å²) in [6.07, 6.45) is -1.69. The number of alkyl halides is 3. The van der Waals surface area contributed by atoms with Gasteiger partial charge in [0, 0.05) is 25.4 Å². The van der Waals surface area contributed by atoms with Gasteiger partial charge in [-0.05, 0) is 47.7 Å². The average molecular weight is 457 g/mol. The molecule has 174 valence electrons. The van der Waals surface area contributed by atoms with Crippen LogP contribution in [0, 0.1) is 0 Å². The molecule has 0 fully saturated rings. The number of nitrogens with one attached hydrogen (secondary N) is 2. The normalized spacial score (nSPS) is 13.2. The minimum absolute atomic E-state index is 0.193. The van der Waals surface area contributed by atoms with E-state index in [9.17, 15) is 18.0 Å². The molecule has 0 aliphatic rings. The number of methoxy groups -OCH3 is 1. The number of rotatable bonds is 9. The molecule has 1 unspecified atom stereocenters. The summed E-state index contributed by atoms with van der Waals surface area (Å²) >= 11 is 0. The van der Waals surface area contributed by atoms with E-state index >= 15 is 0 Å². The van der Waals surface area contributed by atoms with E-state index in [1.54, 1.807) is 19.3 Å². The highest BCUT2D eigenvalue weighted by molar-refractivity contribution is 5.83. The summed E-state index contributed by atoms with van der Waals surface area (Å²) in [5.74, 6) is 0.242. The Morgan fingerprint density at radius 1 is 1.03 bits per heavy atom. The van der Waals surface area contributed by atoms with Crippen molar-refractivity contribution in [3.05, 3.63) is 95.2 Å². The zero-order valence-electron chi connectivity index (χ0n) is 18.4. The number of carbonyl (C=O) groups is 1. The van der Waals surface area contributed by atoms with E-state index in [-0.39, 0.29) is 11.9 Å². The van der Waals surface area contributed by atoms with E-state index < -0.39 is 17.8 Å². The van der Waals surface area contributed by atoms with E-state index in [1.165, 1.54) is 19.2 Å². The fourth-order valence-corrected chi connectivity index (χ4v) is 3.59. The average Bonchev–Trinajstić information content (AvgIpc) is 2.84. The molecule has 3 aromatic rings. The van der Waals surface area contributed by atoms with E-state index in [1.807, 2.05) is 36.4 Å². The van der Waals surface area contributed by atoms with Crippen molar-refractivity contribution < 1.29 is 22.7 Å². The molecule has 8 heteroatoms. The molecule has 0 bridgehead atoms. The molecule has 2 N–H and O–H groups in total. The maximum atomic E-state index is 12.9. The first kappa shape index (κ1) is 24.3. The summed E-state index contributed by atoms with van der Waals surface area (Å²) in [7, 11) is 3.10. The third-order valence-electron chi connectivity index (χ3n) is 5.38. The highest BCUT2D eigenvalue weighted by atomic mass is 19.4. The van der Waals surface area contributed by atoms with Crippen LogP contribution in [0.3, 0.4) is 0 Å². The van der Waals surface area contributed by atoms with Crippen LogP contribution in [0.25, 0.3) is 0 Å². The topological polar surface area (TPSA) is 63.2 Å². The first-order chi connectivity index (χ1) is 15.8. The van der Waals surface area contributed by atoms with Crippen molar-refractivity contribution in [2.24, 2.45) is 0 Å². The van der Waals surface area contributed by atoms with Gasteiger partial charge in [-0.25, -0.2) is 4.98 Å². The van der Waals surface area contributed by atoms with Gasteiger partial charge in [-0.1, -0.05) is 42.5 Å². The summed E-state index contributed by atoms with van der Waals surface area (Å²) in [5.41, 5.74) is 1.76. The van der Waals surface area contributed by atoms with Crippen molar-refractivity contribution in [2.75, 3.05) is 14.2 Å². The fraction of sp³-hybridized carbons (Fsp3) is 0.280. The maximum absolute atomic E-state index is 12.9. The molecule has 0 aliphatic heterocycles. The quantitative estimate of drug-likeness (QED) is 0.482. The number of pyridine rings is 1. The second-order valence-corrected chi connectivity index (χ2v) is 7.54. The lowest BCUT2D eigenvalue weighted by Crippen LogP contribution is -2.38. The number of nitrogens with zero attached hydrogens (tertiary/aromatic N) is 1. The number of carbonyl (C=O) groups excluding carboxylic acids is 1. The largest absolute Gasteiger partial charge is 0.481 e. The third kappa shape index (κ3) is 6.55. The molecule has 5 nitrogen and oxygen atoms in total. The highest BCUT2D eigenvalue weighted by Crippen LogP contribution is 2.30. The summed E-state index contributed by atoms with van der Waals surface area (Å²) < 4.78 is 43.9. The van der Waals surface area contributed by atoms with Gasteiger partial charge in [0.15, 0.2) is 0 Å². The summed E-state index contributed by atoms with van der Waals surface area (Å²) in [5, 5.41) is 6.11. The number of benzene rings is 2. The van der Waals surface area contributed by atoms with Gasteiger partial charge in [0.1, 0.15) is 6.04 Å². The van der Waals surface area contributed by atoms with Crippen molar-refractivity contribution in [1.82, 2.24) is 15.6 Å². The Morgan fingerprint density at radius 3 is 2.33 bits per heavy atom. The first-order valence-corrected chi connectivity index (χ1v) is 10.5. The van der Waals surface area contributed by atoms with E-state index in [2.05, 4.69) is 15.6 Å². The van der Waals surface area contributed by atoms with Crippen LogP contribution in [0.5, 0.6) is 5.88 Å². The predicted molar refractivity (Wildman–Crippen MR) is 120 cm³/mol. The maximum Gasteiger partial charge on any atom is 0.416 e. The lowest BCUT2D eigenvalue weighted by molar-refractivity contribution is -0.137. The molecule has 2 atom stereocenters. The van der Waals surface area contributed by atoms with Crippen LogP contribution >= 0.6 is 0 Å². The fourth-order valence-electron chi connectivity index (χ4n) is 3.59. The number of amides is 1. The van der Waals surface area contributed by atoms with Crippen molar-refractivity contribution in [1.29, 1.82) is 0 Å². The van der Waals surface area contributed by atoms with Gasteiger partial charge in [-0.15, -0.1) is 0 Å². The van der Waals surface area contributed by atoms with Gasteiger partial charge in [0.2, 0.25) is 11.8 Å². The number of hydrogen-bond acceptors (Lipinski definition) is 4. The minimum Gasteiger partial charge on any atom is -0.481 e. The van der Waals surface area contributed by atoms with Crippen LogP contribution in [0.1, 0.15) is 40.8 Å². The Hall–Kier alpha value is -3.39. The smallest absolute Gasteiger partial charge is 0.416 e. The lowest BCUT2D eigenvalue weighted by Gasteiger charge is -2.26. The van der Waals surface area contributed by atoms with Crippen molar-refractivity contribution in [3.63, 3.8) is 0 Å². The molecule has 0 saturated carbocycles. The van der Waals surface area contributed by atoms with E-state index in [4.69, 9.17) is 4.74 Å². The monoisotopic (exact) mass is 457 g/mol. The molecule has 2 aromatic carbocycles. The molecular formula is C25H26F3N3O2. The van der Waals surface area contributed by atoms with Crippen LogP contribution in [-0.4, -0.2) is 25.0 Å². The molecule has 33 heavy (non-hydrogen) atoms. The van der Waals surface area contributed by atoms with Crippen LogP contribution in [0.4, 0.5) is 13.2 Å². The zero-order valence-corrected chi connectivity index (χ0v) is 18.4. The molecule has 0 spiro atoms. The van der Waals surface area contributed by atoms with Gasteiger partial charge in [-0.2, -0.15) is 13.2 Å². The number of aromatic nitrogens is 1. The molecule has 3 rings (SSSR count). The second-order valence-electron chi connectivity index (χ2n) is 7.54. The van der Waals surface area contributed by atoms with Crippen LogP contribution in [0.15, 0.2) is 72.9 Å². The summed E-state index contributed by atoms with van der Waals surface area (Å²) in [6, 6.07) is 17.2. The molecule has 1 aromatic heterocycles. The summed E-state index contributed by atoms with van der Waals surface area (Å²) in [4.78, 5) is 16.8. The summed E-state index contributed by atoms with van der Waals surface area (Å²) in [6.45, 7) is 0. The lowest BCUT2D eigenvalue weighted by atomic mass is 9.96. The zero-order chi connectivity index (χ0) is 23.8. The Kier molecular flexibility index (Phi) is 8.06. The number of hydrogen-bond donors (Lipinski definition) is 2. The SMILES string of the molecule is CNC(=O)C(N[C@@H](CCc1ccc(C(F)(F)F)cc1)c1ccnc(OC)c1)c1ccccc1. The highest BCUT2D eigenvalue weighted by Gasteiger charge is 2.30. The molecule has 0 saturated heterocycles. The number of aryl methyl sites for hydroxylation is 1. The Bertz CT molecular complexity index is 1040. The molecule has 0 aliphatic carbocycles. The van der Waals surface area contributed by atoms with Crippen LogP contribution in [0.2, 0.25) is 0 Å². The Balaban J connectivity index is 1.86. The van der Waals surface area contributed by atoms with Gasteiger partial charge >= 0.3 is 6.18 Å². The number of ether oxygens (including phenoxy) is 1. The van der Waals surface area contributed by atoms with Gasteiger partial charge in [0.25, 0.3) is 0 Å². The van der Waals surface area contributed by atoms with E-state index in [0.29, 0.717) is 18.7 Å². The van der Waals surface area contributed by atoms with Gasteiger partial charge in [0.05, 0.1) is 12.7 Å². The van der Waals surface area contributed by atoms with Crippen LogP contribution in [-0.2, 0) is 17.4 Å².